The van der Waals surface area contributed by atoms with E-state index in [4.69, 9.17) is 0 Å². The van der Waals surface area contributed by atoms with E-state index in [0.717, 1.165) is 4.47 Å². The van der Waals surface area contributed by atoms with Crippen molar-refractivity contribution < 1.29 is 4.92 Å². The molecule has 0 aromatic carbocycles. The first-order valence-electron chi connectivity index (χ1n) is 4.39. The van der Waals surface area contributed by atoms with Gasteiger partial charge in [-0.3, -0.25) is 10.1 Å². The van der Waals surface area contributed by atoms with Crippen LogP contribution in [0.2, 0.25) is 0 Å². The van der Waals surface area contributed by atoms with Crippen LogP contribution in [0, 0.1) is 17.0 Å². The molecule has 0 fully saturated rings. The molecule has 2 rings (SSSR count). The second-order valence-electron chi connectivity index (χ2n) is 3.24. The van der Waals surface area contributed by atoms with Crippen molar-refractivity contribution in [2.24, 2.45) is 7.05 Å². The lowest BCUT2D eigenvalue weighted by Gasteiger charge is -1.99. The lowest BCUT2D eigenvalue weighted by atomic mass is 10.4. The molecule has 0 atom stereocenters. The first kappa shape index (κ1) is 10.8. The van der Waals surface area contributed by atoms with Gasteiger partial charge in [-0.1, -0.05) is 0 Å². The van der Waals surface area contributed by atoms with Gasteiger partial charge in [0.2, 0.25) is 5.82 Å². The Bertz CT molecular complexity index is 559. The van der Waals surface area contributed by atoms with Crippen molar-refractivity contribution >= 4 is 21.6 Å². The van der Waals surface area contributed by atoms with Gasteiger partial charge in [-0.2, -0.15) is 10.2 Å². The van der Waals surface area contributed by atoms with Crippen LogP contribution in [0.4, 0.5) is 5.69 Å². The fraction of sp³-hybridized carbons (Fsp3) is 0.250. The van der Waals surface area contributed by atoms with Gasteiger partial charge in [0.25, 0.3) is 0 Å². The molecule has 84 valence electrons. The molecule has 0 amide bonds. The van der Waals surface area contributed by atoms with Gasteiger partial charge in [-0.25, -0.2) is 9.36 Å². The number of nitro groups is 1. The van der Waals surface area contributed by atoms with Crippen molar-refractivity contribution in [2.75, 3.05) is 0 Å². The number of hydrogen-bond acceptors (Lipinski definition) is 4. The Morgan fingerprint density at radius 3 is 2.75 bits per heavy atom. The van der Waals surface area contributed by atoms with Gasteiger partial charge < -0.3 is 0 Å². The van der Waals surface area contributed by atoms with Crippen LogP contribution in [0.25, 0.3) is 5.82 Å². The van der Waals surface area contributed by atoms with Gasteiger partial charge in [-0.15, -0.1) is 0 Å². The monoisotopic (exact) mass is 285 g/mol. The van der Waals surface area contributed by atoms with Crippen LogP contribution in [0.3, 0.4) is 0 Å². The quantitative estimate of drug-likeness (QED) is 0.620. The minimum Gasteiger partial charge on any atom is -0.258 e. The molecule has 2 heterocycles. The average molecular weight is 286 g/mol. The molecule has 16 heavy (non-hydrogen) atoms. The molecule has 2 aromatic heterocycles. The number of aromatic nitrogens is 4. The maximum absolute atomic E-state index is 10.9. The van der Waals surface area contributed by atoms with Crippen LogP contribution >= 0.6 is 15.9 Å². The van der Waals surface area contributed by atoms with Gasteiger partial charge in [0.05, 0.1) is 15.6 Å². The molecular formula is C8H8BrN5O2. The average Bonchev–Trinajstić information content (AvgIpc) is 2.69. The number of aryl methyl sites for hydroxylation is 2. The molecular weight excluding hydrogens is 278 g/mol. The maximum atomic E-state index is 10.9. The fourth-order valence-corrected chi connectivity index (χ4v) is 1.81. The van der Waals surface area contributed by atoms with Crippen LogP contribution in [0.1, 0.15) is 5.69 Å². The summed E-state index contributed by atoms with van der Waals surface area (Å²) in [5.41, 5.74) is 0.340. The molecule has 7 nitrogen and oxygen atoms in total. The van der Waals surface area contributed by atoms with Gasteiger partial charge in [0.15, 0.2) is 0 Å². The Morgan fingerprint density at radius 2 is 2.25 bits per heavy atom. The normalized spacial score (nSPS) is 10.7. The van der Waals surface area contributed by atoms with Crippen molar-refractivity contribution in [3.05, 3.63) is 32.7 Å². The Hall–Kier alpha value is -1.70. The van der Waals surface area contributed by atoms with Crippen molar-refractivity contribution in [1.29, 1.82) is 0 Å². The van der Waals surface area contributed by atoms with E-state index >= 15 is 0 Å². The van der Waals surface area contributed by atoms with E-state index in [-0.39, 0.29) is 5.69 Å². The third-order valence-corrected chi connectivity index (χ3v) is 2.52. The zero-order valence-corrected chi connectivity index (χ0v) is 10.2. The molecule has 0 radical (unpaired) electrons. The number of rotatable bonds is 2. The predicted octanol–water partition coefficient (Wildman–Crippen LogP) is 1.58. The molecule has 0 bridgehead atoms. The molecule has 0 aliphatic heterocycles. The van der Waals surface area contributed by atoms with Crippen LogP contribution in [-0.4, -0.2) is 24.5 Å². The maximum Gasteiger partial charge on any atom is 0.336 e. The predicted molar refractivity (Wildman–Crippen MR) is 59.4 cm³/mol. The third kappa shape index (κ3) is 1.60. The summed E-state index contributed by atoms with van der Waals surface area (Å²) in [5.74, 6) is 0.341. The Morgan fingerprint density at radius 1 is 1.56 bits per heavy atom. The van der Waals surface area contributed by atoms with E-state index in [1.807, 2.05) is 0 Å². The summed E-state index contributed by atoms with van der Waals surface area (Å²) < 4.78 is 3.61. The Balaban J connectivity index is 2.68. The van der Waals surface area contributed by atoms with Crippen LogP contribution < -0.4 is 0 Å². The second kappa shape index (κ2) is 3.71. The minimum absolute atomic E-state index is 0.0295. The van der Waals surface area contributed by atoms with E-state index < -0.39 is 4.92 Å². The molecule has 0 saturated heterocycles. The summed E-state index contributed by atoms with van der Waals surface area (Å²) in [7, 11) is 1.64. The van der Waals surface area contributed by atoms with Crippen molar-refractivity contribution in [1.82, 2.24) is 19.6 Å². The zero-order chi connectivity index (χ0) is 11.9. The van der Waals surface area contributed by atoms with Crippen LogP contribution in [0.15, 0.2) is 16.9 Å². The smallest absolute Gasteiger partial charge is 0.258 e. The molecule has 0 unspecified atom stereocenters. The minimum atomic E-state index is -0.451. The van der Waals surface area contributed by atoms with Crippen molar-refractivity contribution in [2.45, 2.75) is 6.92 Å². The van der Waals surface area contributed by atoms with E-state index in [1.54, 1.807) is 26.4 Å². The first-order chi connectivity index (χ1) is 7.50. The Kier molecular flexibility index (Phi) is 2.50. The standard InChI is InChI=1S/C8H8BrN5O2/c1-5-7(14(15)16)8(12(2)11-5)13-4-6(9)3-10-13/h3-4H,1-2H3. The lowest BCUT2D eigenvalue weighted by molar-refractivity contribution is -0.385. The highest BCUT2D eigenvalue weighted by Crippen LogP contribution is 2.26. The number of halogens is 1. The highest BCUT2D eigenvalue weighted by molar-refractivity contribution is 9.10. The first-order valence-corrected chi connectivity index (χ1v) is 5.18. The summed E-state index contributed by atoms with van der Waals surface area (Å²) in [6.45, 7) is 1.60. The van der Waals surface area contributed by atoms with Crippen molar-refractivity contribution in [3.8, 4) is 5.82 Å². The molecule has 0 spiro atoms. The van der Waals surface area contributed by atoms with E-state index in [1.165, 1.54) is 9.36 Å². The summed E-state index contributed by atoms with van der Waals surface area (Å²) >= 11 is 3.24. The van der Waals surface area contributed by atoms with Crippen LogP contribution in [-0.2, 0) is 7.05 Å². The summed E-state index contributed by atoms with van der Waals surface area (Å²) in [5, 5.41) is 19.0. The summed E-state index contributed by atoms with van der Waals surface area (Å²) in [6.07, 6.45) is 3.20. The van der Waals surface area contributed by atoms with Crippen LogP contribution in [0.5, 0.6) is 0 Å². The Labute approximate surface area is 99.0 Å². The highest BCUT2D eigenvalue weighted by Gasteiger charge is 2.25. The summed E-state index contributed by atoms with van der Waals surface area (Å²) in [4.78, 5) is 10.5. The van der Waals surface area contributed by atoms with Gasteiger partial charge in [-0.05, 0) is 22.9 Å². The highest BCUT2D eigenvalue weighted by atomic mass is 79.9. The van der Waals surface area contributed by atoms with Gasteiger partial charge in [0, 0.05) is 13.2 Å². The van der Waals surface area contributed by atoms with E-state index in [2.05, 4.69) is 26.1 Å². The second-order valence-corrected chi connectivity index (χ2v) is 4.16. The molecule has 8 heteroatoms. The van der Waals surface area contributed by atoms with Gasteiger partial charge >= 0.3 is 5.69 Å². The largest absolute Gasteiger partial charge is 0.336 e. The lowest BCUT2D eigenvalue weighted by Crippen LogP contribution is -2.05. The molecule has 0 aliphatic rings. The third-order valence-electron chi connectivity index (χ3n) is 2.11. The van der Waals surface area contributed by atoms with Crippen molar-refractivity contribution in [3.63, 3.8) is 0 Å². The SMILES string of the molecule is Cc1nn(C)c(-n2cc(Br)cn2)c1[N+](=O)[O-]. The van der Waals surface area contributed by atoms with Gasteiger partial charge in [0.1, 0.15) is 5.69 Å². The molecule has 2 aromatic rings. The van der Waals surface area contributed by atoms with E-state index in [9.17, 15) is 10.1 Å². The molecule has 0 N–H and O–H groups in total. The number of nitrogens with zero attached hydrogens (tertiary/aromatic N) is 5. The fourth-order valence-electron chi connectivity index (χ4n) is 1.52. The number of hydrogen-bond donors (Lipinski definition) is 0. The zero-order valence-electron chi connectivity index (χ0n) is 8.59. The molecule has 0 saturated carbocycles. The summed E-state index contributed by atoms with van der Waals surface area (Å²) in [6, 6.07) is 0. The topological polar surface area (TPSA) is 78.8 Å². The molecule has 0 aliphatic carbocycles. The van der Waals surface area contributed by atoms with E-state index in [0.29, 0.717) is 11.5 Å².